The van der Waals surface area contributed by atoms with Gasteiger partial charge in [-0.15, -0.1) is 11.8 Å². The minimum absolute atomic E-state index is 0.00487. The van der Waals surface area contributed by atoms with Crippen LogP contribution >= 0.6 is 11.8 Å². The van der Waals surface area contributed by atoms with Gasteiger partial charge < -0.3 is 19.1 Å². The molecule has 1 amide bonds. The number of carbonyl (C=O) groups is 2. The molecule has 0 aliphatic carbocycles. The third-order valence-corrected chi connectivity index (χ3v) is 6.14. The van der Waals surface area contributed by atoms with Crippen LogP contribution in [-0.4, -0.2) is 62.2 Å². The highest BCUT2D eigenvalue weighted by Crippen LogP contribution is 2.30. The molecular formula is C25H31F2NO5S. The first-order chi connectivity index (χ1) is 16.3. The molecule has 0 heterocycles. The molecule has 0 bridgehead atoms. The quantitative estimate of drug-likeness (QED) is 0.298. The van der Waals surface area contributed by atoms with E-state index in [-0.39, 0.29) is 36.2 Å². The van der Waals surface area contributed by atoms with E-state index in [0.29, 0.717) is 42.4 Å². The van der Waals surface area contributed by atoms with Crippen LogP contribution in [0.5, 0.6) is 11.5 Å². The average molecular weight is 496 g/mol. The van der Waals surface area contributed by atoms with Crippen LogP contribution in [0.2, 0.25) is 0 Å². The molecule has 9 heteroatoms. The number of esters is 1. The molecule has 0 N–H and O–H groups in total. The van der Waals surface area contributed by atoms with Crippen molar-refractivity contribution in [1.82, 2.24) is 4.90 Å². The van der Waals surface area contributed by atoms with E-state index in [9.17, 15) is 18.4 Å². The van der Waals surface area contributed by atoms with Gasteiger partial charge in [0.1, 0.15) is 23.1 Å². The summed E-state index contributed by atoms with van der Waals surface area (Å²) >= 11 is 1.36. The van der Waals surface area contributed by atoms with Crippen molar-refractivity contribution in [3.63, 3.8) is 0 Å². The van der Waals surface area contributed by atoms with Crippen molar-refractivity contribution in [2.75, 3.05) is 45.4 Å². The van der Waals surface area contributed by atoms with Gasteiger partial charge in [0.25, 0.3) is 5.91 Å². The predicted octanol–water partition coefficient (Wildman–Crippen LogP) is 4.66. The number of methoxy groups -OCH3 is 2. The molecule has 0 aliphatic heterocycles. The highest BCUT2D eigenvalue weighted by molar-refractivity contribution is 7.99. The largest absolute Gasteiger partial charge is 0.496 e. The topological polar surface area (TPSA) is 65.1 Å². The minimum atomic E-state index is -0.601. The van der Waals surface area contributed by atoms with E-state index in [1.807, 2.05) is 6.92 Å². The first-order valence-electron chi connectivity index (χ1n) is 11.0. The molecule has 0 spiro atoms. The highest BCUT2D eigenvalue weighted by atomic mass is 32.2. The molecule has 0 aromatic heterocycles. The number of hydrogen-bond acceptors (Lipinski definition) is 6. The second-order valence-corrected chi connectivity index (χ2v) is 8.56. The number of rotatable bonds is 13. The molecule has 0 saturated heterocycles. The van der Waals surface area contributed by atoms with Crippen molar-refractivity contribution in [1.29, 1.82) is 0 Å². The van der Waals surface area contributed by atoms with Crippen LogP contribution in [-0.2, 0) is 16.0 Å². The smallest absolute Gasteiger partial charge is 0.315 e. The van der Waals surface area contributed by atoms with Crippen LogP contribution in [0.3, 0.4) is 0 Å². The van der Waals surface area contributed by atoms with Gasteiger partial charge in [-0.25, -0.2) is 8.78 Å². The Labute approximate surface area is 203 Å². The maximum atomic E-state index is 14.0. The van der Waals surface area contributed by atoms with Gasteiger partial charge in [-0.1, -0.05) is 6.07 Å². The Bertz CT molecular complexity index is 941. The van der Waals surface area contributed by atoms with E-state index < -0.39 is 11.6 Å². The number of nitrogens with zero attached hydrogens (tertiary/aromatic N) is 1. The fourth-order valence-corrected chi connectivity index (χ4v) is 4.20. The Hall–Kier alpha value is -2.81. The number of ether oxygens (including phenoxy) is 3. The summed E-state index contributed by atoms with van der Waals surface area (Å²) in [4.78, 5) is 26.6. The number of thioether (sulfide) groups is 1. The molecule has 0 atom stereocenters. The van der Waals surface area contributed by atoms with Crippen LogP contribution in [0, 0.1) is 18.6 Å². The lowest BCUT2D eigenvalue weighted by molar-refractivity contribution is -0.139. The summed E-state index contributed by atoms with van der Waals surface area (Å²) < 4.78 is 43.7. The molecule has 186 valence electrons. The van der Waals surface area contributed by atoms with E-state index in [2.05, 4.69) is 0 Å². The van der Waals surface area contributed by atoms with Crippen LogP contribution in [0.25, 0.3) is 0 Å². The lowest BCUT2D eigenvalue weighted by Crippen LogP contribution is -2.34. The maximum Gasteiger partial charge on any atom is 0.315 e. The second-order valence-electron chi connectivity index (χ2n) is 7.46. The Morgan fingerprint density at radius 3 is 2.21 bits per heavy atom. The van der Waals surface area contributed by atoms with Crippen molar-refractivity contribution in [3.8, 4) is 11.5 Å². The van der Waals surface area contributed by atoms with Gasteiger partial charge in [0.2, 0.25) is 0 Å². The van der Waals surface area contributed by atoms with Crippen molar-refractivity contribution in [3.05, 3.63) is 58.7 Å². The van der Waals surface area contributed by atoms with Crippen LogP contribution < -0.4 is 9.47 Å². The average Bonchev–Trinajstić information content (AvgIpc) is 2.82. The molecule has 0 radical (unpaired) electrons. The highest BCUT2D eigenvalue weighted by Gasteiger charge is 2.20. The standard InChI is InChI=1S/C25H31F2NO5S/c1-5-33-24(29)16-34-13-12-28(11-7-8-19-20(26)9-6-10-21(19)27)25(30)18-14-22(31-3)17(2)23(15-18)32-4/h6,9-10,14-15H,5,7-8,11-13,16H2,1-4H3. The van der Waals surface area contributed by atoms with Crippen LogP contribution in [0.1, 0.15) is 34.8 Å². The lowest BCUT2D eigenvalue weighted by Gasteiger charge is -2.24. The van der Waals surface area contributed by atoms with Crippen molar-refractivity contribution >= 4 is 23.6 Å². The van der Waals surface area contributed by atoms with Crippen molar-refractivity contribution in [2.24, 2.45) is 0 Å². The zero-order valence-electron chi connectivity index (χ0n) is 20.0. The Balaban J connectivity index is 2.15. The van der Waals surface area contributed by atoms with E-state index in [1.165, 1.54) is 44.2 Å². The summed E-state index contributed by atoms with van der Waals surface area (Å²) in [7, 11) is 3.03. The number of amides is 1. The third kappa shape index (κ3) is 7.62. The summed E-state index contributed by atoms with van der Waals surface area (Å²) in [6.45, 7) is 4.52. The predicted molar refractivity (Wildman–Crippen MR) is 129 cm³/mol. The summed E-state index contributed by atoms with van der Waals surface area (Å²) in [6, 6.07) is 7.06. The number of carbonyl (C=O) groups excluding carboxylic acids is 2. The van der Waals surface area contributed by atoms with Gasteiger partial charge in [-0.3, -0.25) is 9.59 Å². The number of hydrogen-bond donors (Lipinski definition) is 0. The molecule has 0 aliphatic rings. The number of halogens is 2. The molecule has 34 heavy (non-hydrogen) atoms. The van der Waals surface area contributed by atoms with Crippen LogP contribution in [0.15, 0.2) is 30.3 Å². The second kappa shape index (κ2) is 13.8. The summed E-state index contributed by atoms with van der Waals surface area (Å²) in [5, 5.41) is 0. The lowest BCUT2D eigenvalue weighted by atomic mass is 10.1. The zero-order chi connectivity index (χ0) is 25.1. The summed E-state index contributed by atoms with van der Waals surface area (Å²) in [5.41, 5.74) is 1.16. The fourth-order valence-electron chi connectivity index (χ4n) is 3.46. The molecular weight excluding hydrogens is 464 g/mol. The zero-order valence-corrected chi connectivity index (χ0v) is 20.8. The molecule has 0 fully saturated rings. The fraction of sp³-hybridized carbons (Fsp3) is 0.440. The van der Waals surface area contributed by atoms with E-state index in [1.54, 1.807) is 24.0 Å². The van der Waals surface area contributed by atoms with Gasteiger partial charge in [0, 0.05) is 35.5 Å². The third-order valence-electron chi connectivity index (χ3n) is 5.23. The van der Waals surface area contributed by atoms with Crippen molar-refractivity contribution in [2.45, 2.75) is 26.7 Å². The van der Waals surface area contributed by atoms with Gasteiger partial charge in [0.15, 0.2) is 0 Å². The first-order valence-corrected chi connectivity index (χ1v) is 12.2. The normalized spacial score (nSPS) is 10.6. The van der Waals surface area contributed by atoms with Crippen LogP contribution in [0.4, 0.5) is 8.78 Å². The Morgan fingerprint density at radius 1 is 1.03 bits per heavy atom. The van der Waals surface area contributed by atoms with Gasteiger partial charge >= 0.3 is 5.97 Å². The van der Waals surface area contributed by atoms with E-state index in [0.717, 1.165) is 5.56 Å². The number of benzene rings is 2. The van der Waals surface area contributed by atoms with Crippen molar-refractivity contribution < 1.29 is 32.6 Å². The first kappa shape index (κ1) is 27.4. The maximum absolute atomic E-state index is 14.0. The SMILES string of the molecule is CCOC(=O)CSCCN(CCCc1c(F)cccc1F)C(=O)c1cc(OC)c(C)c(OC)c1. The molecule has 0 unspecified atom stereocenters. The van der Waals surface area contributed by atoms with Gasteiger partial charge in [0.05, 0.1) is 26.6 Å². The van der Waals surface area contributed by atoms with Gasteiger partial charge in [-0.05, 0) is 51.0 Å². The van der Waals surface area contributed by atoms with Gasteiger partial charge in [-0.2, -0.15) is 0 Å². The summed E-state index contributed by atoms with van der Waals surface area (Å²) in [5.74, 6) is -0.0515. The Morgan fingerprint density at radius 2 is 1.65 bits per heavy atom. The minimum Gasteiger partial charge on any atom is -0.496 e. The van der Waals surface area contributed by atoms with E-state index in [4.69, 9.17) is 14.2 Å². The summed E-state index contributed by atoms with van der Waals surface area (Å²) in [6.07, 6.45) is 0.519. The molecule has 2 rings (SSSR count). The molecule has 2 aromatic rings. The molecule has 2 aromatic carbocycles. The Kier molecular flexibility index (Phi) is 11.1. The molecule has 6 nitrogen and oxygen atoms in total. The van der Waals surface area contributed by atoms with E-state index >= 15 is 0 Å². The monoisotopic (exact) mass is 495 g/mol. The molecule has 0 saturated carbocycles.